The molecular formula is C19H22N2O2. The smallest absolute Gasteiger partial charge is 0.255 e. The minimum absolute atomic E-state index is 0.0635. The van der Waals surface area contributed by atoms with Crippen LogP contribution in [-0.2, 0) is 13.0 Å². The van der Waals surface area contributed by atoms with Crippen molar-refractivity contribution in [3.8, 4) is 23.1 Å². The highest BCUT2D eigenvalue weighted by Gasteiger charge is 2.10. The number of rotatable bonds is 7. The molecule has 1 heterocycles. The summed E-state index contributed by atoms with van der Waals surface area (Å²) >= 11 is 0. The van der Waals surface area contributed by atoms with Crippen LogP contribution in [0.2, 0.25) is 0 Å². The summed E-state index contributed by atoms with van der Waals surface area (Å²) in [6.07, 6.45) is 2.09. The molecule has 120 valence electrons. The second-order valence-corrected chi connectivity index (χ2v) is 5.35. The summed E-state index contributed by atoms with van der Waals surface area (Å²) in [4.78, 5) is 12.6. The topological polar surface area (TPSA) is 55.0 Å². The van der Waals surface area contributed by atoms with E-state index in [0.29, 0.717) is 18.7 Å². The van der Waals surface area contributed by atoms with Crippen LogP contribution in [0.1, 0.15) is 32.3 Å². The molecule has 0 radical (unpaired) electrons. The minimum atomic E-state index is -0.0635. The number of aromatic nitrogens is 1. The van der Waals surface area contributed by atoms with Gasteiger partial charge in [0.2, 0.25) is 0 Å². The SMILES string of the molecule is CCCCn1c(-c2ccc(OCC)cc2)ccc(CC#N)c1=O. The van der Waals surface area contributed by atoms with E-state index in [2.05, 4.69) is 13.0 Å². The Kier molecular flexibility index (Phi) is 5.99. The third-order valence-electron chi connectivity index (χ3n) is 3.72. The first-order valence-electron chi connectivity index (χ1n) is 8.04. The van der Waals surface area contributed by atoms with Crippen LogP contribution in [0.3, 0.4) is 0 Å². The van der Waals surface area contributed by atoms with Crippen molar-refractivity contribution < 1.29 is 4.74 Å². The van der Waals surface area contributed by atoms with Crippen LogP contribution in [0.25, 0.3) is 11.3 Å². The van der Waals surface area contributed by atoms with Gasteiger partial charge in [0.05, 0.1) is 24.8 Å². The zero-order valence-corrected chi connectivity index (χ0v) is 13.7. The minimum Gasteiger partial charge on any atom is -0.494 e. The molecule has 0 atom stereocenters. The van der Waals surface area contributed by atoms with Gasteiger partial charge >= 0.3 is 0 Å². The van der Waals surface area contributed by atoms with E-state index in [-0.39, 0.29) is 12.0 Å². The van der Waals surface area contributed by atoms with Crippen molar-refractivity contribution in [3.63, 3.8) is 0 Å². The Morgan fingerprint density at radius 1 is 1.13 bits per heavy atom. The Balaban J connectivity index is 2.46. The van der Waals surface area contributed by atoms with E-state index in [9.17, 15) is 4.79 Å². The standard InChI is InChI=1S/C19H22N2O2/c1-3-5-14-21-18(11-8-16(12-13-20)19(21)22)15-6-9-17(10-7-15)23-4-2/h6-11H,3-5,12,14H2,1-2H3. The van der Waals surface area contributed by atoms with Gasteiger partial charge in [-0.2, -0.15) is 5.26 Å². The lowest BCUT2D eigenvalue weighted by atomic mass is 10.1. The summed E-state index contributed by atoms with van der Waals surface area (Å²) in [7, 11) is 0. The Morgan fingerprint density at radius 2 is 1.87 bits per heavy atom. The number of hydrogen-bond acceptors (Lipinski definition) is 3. The van der Waals surface area contributed by atoms with Crippen LogP contribution >= 0.6 is 0 Å². The third-order valence-corrected chi connectivity index (χ3v) is 3.72. The summed E-state index contributed by atoms with van der Waals surface area (Å²) in [6.45, 7) is 5.34. The lowest BCUT2D eigenvalue weighted by Gasteiger charge is -2.14. The second kappa shape index (κ2) is 8.19. The van der Waals surface area contributed by atoms with Gasteiger partial charge < -0.3 is 9.30 Å². The quantitative estimate of drug-likeness (QED) is 0.782. The first kappa shape index (κ1) is 16.8. The molecule has 0 N–H and O–H groups in total. The molecular weight excluding hydrogens is 288 g/mol. The fourth-order valence-corrected chi connectivity index (χ4v) is 2.52. The highest BCUT2D eigenvalue weighted by atomic mass is 16.5. The summed E-state index contributed by atoms with van der Waals surface area (Å²) in [5.41, 5.74) is 2.35. The molecule has 0 saturated carbocycles. The van der Waals surface area contributed by atoms with Crippen LogP contribution in [0.5, 0.6) is 5.75 Å². The predicted octanol–water partition coefficient (Wildman–Crippen LogP) is 3.78. The Bertz CT molecular complexity index is 739. The molecule has 2 rings (SSSR count). The summed E-state index contributed by atoms with van der Waals surface area (Å²) in [5.74, 6) is 0.819. The number of pyridine rings is 1. The molecule has 0 aliphatic carbocycles. The zero-order valence-electron chi connectivity index (χ0n) is 13.7. The average Bonchev–Trinajstić information content (AvgIpc) is 2.57. The summed E-state index contributed by atoms with van der Waals surface area (Å²) in [6, 6.07) is 13.5. The van der Waals surface area contributed by atoms with Gasteiger partial charge in [-0.3, -0.25) is 4.79 Å². The van der Waals surface area contributed by atoms with Gasteiger partial charge in [-0.25, -0.2) is 0 Å². The van der Waals surface area contributed by atoms with Crippen molar-refractivity contribution in [1.82, 2.24) is 4.57 Å². The molecule has 2 aromatic rings. The van der Waals surface area contributed by atoms with E-state index >= 15 is 0 Å². The molecule has 0 bridgehead atoms. The molecule has 4 heteroatoms. The first-order valence-corrected chi connectivity index (χ1v) is 8.04. The van der Waals surface area contributed by atoms with Crippen LogP contribution in [0.4, 0.5) is 0 Å². The maximum absolute atomic E-state index is 12.6. The second-order valence-electron chi connectivity index (χ2n) is 5.35. The van der Waals surface area contributed by atoms with Crippen molar-refractivity contribution in [3.05, 3.63) is 52.3 Å². The van der Waals surface area contributed by atoms with Crippen molar-refractivity contribution in [2.45, 2.75) is 39.7 Å². The number of unbranched alkanes of at least 4 members (excludes halogenated alkanes) is 1. The Morgan fingerprint density at radius 3 is 2.48 bits per heavy atom. The van der Waals surface area contributed by atoms with Gasteiger partial charge in [0.25, 0.3) is 5.56 Å². The highest BCUT2D eigenvalue weighted by molar-refractivity contribution is 5.61. The Hall–Kier alpha value is -2.54. The molecule has 1 aromatic heterocycles. The van der Waals surface area contributed by atoms with Crippen molar-refractivity contribution >= 4 is 0 Å². The van der Waals surface area contributed by atoms with Gasteiger partial charge in [-0.1, -0.05) is 19.4 Å². The number of nitriles is 1. The maximum Gasteiger partial charge on any atom is 0.255 e. The number of ether oxygens (including phenoxy) is 1. The fourth-order valence-electron chi connectivity index (χ4n) is 2.52. The third kappa shape index (κ3) is 4.01. The molecule has 0 aliphatic heterocycles. The van der Waals surface area contributed by atoms with E-state index in [1.165, 1.54) is 0 Å². The molecule has 0 spiro atoms. The highest BCUT2D eigenvalue weighted by Crippen LogP contribution is 2.22. The van der Waals surface area contributed by atoms with Crippen molar-refractivity contribution in [2.75, 3.05) is 6.61 Å². The van der Waals surface area contributed by atoms with Gasteiger partial charge in [0.15, 0.2) is 0 Å². The lowest BCUT2D eigenvalue weighted by Crippen LogP contribution is -2.25. The maximum atomic E-state index is 12.6. The van der Waals surface area contributed by atoms with E-state index in [1.54, 1.807) is 10.6 Å². The normalized spacial score (nSPS) is 10.3. The van der Waals surface area contributed by atoms with E-state index in [1.807, 2.05) is 37.3 Å². The van der Waals surface area contributed by atoms with Crippen molar-refractivity contribution in [2.24, 2.45) is 0 Å². The molecule has 0 amide bonds. The Labute approximate surface area is 137 Å². The molecule has 23 heavy (non-hydrogen) atoms. The molecule has 0 aliphatic rings. The number of nitrogens with zero attached hydrogens (tertiary/aromatic N) is 2. The van der Waals surface area contributed by atoms with Crippen LogP contribution in [0.15, 0.2) is 41.2 Å². The largest absolute Gasteiger partial charge is 0.494 e. The van der Waals surface area contributed by atoms with Crippen LogP contribution < -0.4 is 10.3 Å². The molecule has 0 saturated heterocycles. The lowest BCUT2D eigenvalue weighted by molar-refractivity contribution is 0.340. The van der Waals surface area contributed by atoms with E-state index < -0.39 is 0 Å². The summed E-state index contributed by atoms with van der Waals surface area (Å²) < 4.78 is 7.25. The molecule has 0 fully saturated rings. The number of hydrogen-bond donors (Lipinski definition) is 0. The number of benzene rings is 1. The monoisotopic (exact) mass is 310 g/mol. The van der Waals surface area contributed by atoms with Crippen LogP contribution in [-0.4, -0.2) is 11.2 Å². The van der Waals surface area contributed by atoms with Gasteiger partial charge in [0, 0.05) is 12.1 Å². The van der Waals surface area contributed by atoms with Crippen LogP contribution in [0, 0.1) is 11.3 Å². The molecule has 4 nitrogen and oxygen atoms in total. The molecule has 0 unspecified atom stereocenters. The van der Waals surface area contributed by atoms with Crippen molar-refractivity contribution in [1.29, 1.82) is 5.26 Å². The predicted molar refractivity (Wildman–Crippen MR) is 91.5 cm³/mol. The fraction of sp³-hybridized carbons (Fsp3) is 0.368. The van der Waals surface area contributed by atoms with E-state index in [0.717, 1.165) is 29.8 Å². The van der Waals surface area contributed by atoms with Gasteiger partial charge in [-0.05, 0) is 49.2 Å². The van der Waals surface area contributed by atoms with Gasteiger partial charge in [-0.15, -0.1) is 0 Å². The van der Waals surface area contributed by atoms with Gasteiger partial charge in [0.1, 0.15) is 5.75 Å². The summed E-state index contributed by atoms with van der Waals surface area (Å²) in [5, 5.41) is 8.87. The molecule has 1 aromatic carbocycles. The first-order chi connectivity index (χ1) is 11.2. The average molecular weight is 310 g/mol. The zero-order chi connectivity index (χ0) is 16.7. The van der Waals surface area contributed by atoms with E-state index in [4.69, 9.17) is 10.00 Å².